The van der Waals surface area contributed by atoms with Crippen molar-refractivity contribution in [3.05, 3.63) is 35.7 Å². The maximum absolute atomic E-state index is 9.43. The van der Waals surface area contributed by atoms with Gasteiger partial charge in [-0.3, -0.25) is 4.90 Å². The molecular weight excluding hydrogens is 238 g/mol. The van der Waals surface area contributed by atoms with Crippen molar-refractivity contribution < 1.29 is 5.11 Å². The highest BCUT2D eigenvalue weighted by Crippen LogP contribution is 2.19. The summed E-state index contributed by atoms with van der Waals surface area (Å²) in [6, 6.07) is 4.19. The Morgan fingerprint density at radius 2 is 1.89 bits per heavy atom. The van der Waals surface area contributed by atoms with Gasteiger partial charge in [-0.2, -0.15) is 5.10 Å². The van der Waals surface area contributed by atoms with Crippen molar-refractivity contribution in [1.29, 1.82) is 0 Å². The third kappa shape index (κ3) is 2.65. The molecule has 19 heavy (non-hydrogen) atoms. The average molecular weight is 259 g/mol. The fraction of sp³-hybridized carbons (Fsp3) is 0.533. The number of aliphatic hydroxyl groups is 1. The standard InChI is InChI=1S/C15H21N3O/c19-12-14-10-16-18-9-5-6-13(15(14)18)11-17-7-3-1-2-4-8-17/h5-6,9-10,19H,1-4,7-8,11-12H2. The lowest BCUT2D eigenvalue weighted by Gasteiger charge is -2.20. The Bertz CT molecular complexity index is 541. The van der Waals surface area contributed by atoms with Crippen molar-refractivity contribution in [2.24, 2.45) is 0 Å². The molecule has 1 N–H and O–H groups in total. The molecule has 0 radical (unpaired) electrons. The average Bonchev–Trinajstić information content (AvgIpc) is 2.69. The quantitative estimate of drug-likeness (QED) is 0.918. The van der Waals surface area contributed by atoms with Crippen molar-refractivity contribution in [1.82, 2.24) is 14.5 Å². The van der Waals surface area contributed by atoms with E-state index in [1.54, 1.807) is 6.20 Å². The Morgan fingerprint density at radius 1 is 1.11 bits per heavy atom. The fourth-order valence-corrected chi connectivity index (χ4v) is 2.96. The Hall–Kier alpha value is -1.39. The van der Waals surface area contributed by atoms with Gasteiger partial charge in [0, 0.05) is 18.3 Å². The van der Waals surface area contributed by atoms with Gasteiger partial charge in [0.15, 0.2) is 0 Å². The number of rotatable bonds is 3. The molecule has 0 aliphatic carbocycles. The van der Waals surface area contributed by atoms with E-state index < -0.39 is 0 Å². The fourth-order valence-electron chi connectivity index (χ4n) is 2.96. The molecule has 102 valence electrons. The summed E-state index contributed by atoms with van der Waals surface area (Å²) < 4.78 is 1.87. The summed E-state index contributed by atoms with van der Waals surface area (Å²) in [7, 11) is 0. The minimum Gasteiger partial charge on any atom is -0.392 e. The third-order valence-corrected chi connectivity index (χ3v) is 3.96. The summed E-state index contributed by atoms with van der Waals surface area (Å²) in [5.41, 5.74) is 3.27. The van der Waals surface area contributed by atoms with Crippen molar-refractivity contribution in [3.63, 3.8) is 0 Å². The van der Waals surface area contributed by atoms with Gasteiger partial charge in [-0.05, 0) is 37.6 Å². The number of aliphatic hydroxyl groups excluding tert-OH is 1. The summed E-state index contributed by atoms with van der Waals surface area (Å²) in [6.07, 6.45) is 9.02. The van der Waals surface area contributed by atoms with E-state index in [4.69, 9.17) is 0 Å². The highest BCUT2D eigenvalue weighted by molar-refractivity contribution is 5.60. The first-order valence-corrected chi connectivity index (χ1v) is 7.16. The molecule has 2 aromatic heterocycles. The number of nitrogens with zero attached hydrogens (tertiary/aromatic N) is 3. The minimum absolute atomic E-state index is 0.0561. The van der Waals surface area contributed by atoms with Gasteiger partial charge in [0.1, 0.15) is 0 Å². The predicted octanol–water partition coefficient (Wildman–Crippen LogP) is 2.20. The molecule has 0 atom stereocenters. The Labute approximate surface area is 113 Å². The van der Waals surface area contributed by atoms with Gasteiger partial charge in [-0.1, -0.05) is 18.9 Å². The van der Waals surface area contributed by atoms with Gasteiger partial charge in [0.25, 0.3) is 0 Å². The Balaban J connectivity index is 1.88. The molecule has 1 aliphatic heterocycles. The maximum Gasteiger partial charge on any atom is 0.0761 e. The molecular formula is C15H21N3O. The number of fused-ring (bicyclic) bond motifs is 1. The third-order valence-electron chi connectivity index (χ3n) is 3.96. The van der Waals surface area contributed by atoms with Gasteiger partial charge < -0.3 is 5.11 Å². The van der Waals surface area contributed by atoms with Crippen LogP contribution in [-0.4, -0.2) is 32.7 Å². The maximum atomic E-state index is 9.43. The van der Waals surface area contributed by atoms with E-state index in [1.165, 1.54) is 44.3 Å². The summed E-state index contributed by atoms with van der Waals surface area (Å²) >= 11 is 0. The van der Waals surface area contributed by atoms with Crippen LogP contribution in [0.2, 0.25) is 0 Å². The molecule has 1 fully saturated rings. The van der Waals surface area contributed by atoms with Crippen LogP contribution in [0.4, 0.5) is 0 Å². The van der Waals surface area contributed by atoms with Crippen molar-refractivity contribution in [2.45, 2.75) is 38.8 Å². The monoisotopic (exact) mass is 259 g/mol. The molecule has 0 saturated carbocycles. The lowest BCUT2D eigenvalue weighted by molar-refractivity contribution is 0.275. The summed E-state index contributed by atoms with van der Waals surface area (Å²) in [4.78, 5) is 2.52. The summed E-state index contributed by atoms with van der Waals surface area (Å²) in [5.74, 6) is 0. The lowest BCUT2D eigenvalue weighted by Crippen LogP contribution is -2.24. The Morgan fingerprint density at radius 3 is 2.63 bits per heavy atom. The molecule has 1 aliphatic rings. The van der Waals surface area contributed by atoms with E-state index in [9.17, 15) is 5.11 Å². The highest BCUT2D eigenvalue weighted by Gasteiger charge is 2.13. The number of pyridine rings is 1. The first-order chi connectivity index (χ1) is 9.38. The zero-order chi connectivity index (χ0) is 13.1. The van der Waals surface area contributed by atoms with Gasteiger partial charge in [0.2, 0.25) is 0 Å². The van der Waals surface area contributed by atoms with Gasteiger partial charge in [-0.25, -0.2) is 4.52 Å². The smallest absolute Gasteiger partial charge is 0.0761 e. The molecule has 0 unspecified atom stereocenters. The van der Waals surface area contributed by atoms with Gasteiger partial charge in [0.05, 0.1) is 18.3 Å². The van der Waals surface area contributed by atoms with Crippen LogP contribution >= 0.6 is 0 Å². The van der Waals surface area contributed by atoms with Crippen molar-refractivity contribution in [2.75, 3.05) is 13.1 Å². The van der Waals surface area contributed by atoms with Crippen LogP contribution in [-0.2, 0) is 13.2 Å². The van der Waals surface area contributed by atoms with E-state index in [-0.39, 0.29) is 6.61 Å². The SMILES string of the molecule is OCc1cnn2cccc(CN3CCCCCC3)c12. The number of aromatic nitrogens is 2. The number of likely N-dealkylation sites (tertiary alicyclic amines) is 1. The molecule has 0 bridgehead atoms. The first kappa shape index (κ1) is 12.6. The molecule has 1 saturated heterocycles. The molecule has 0 aromatic carbocycles. The Kier molecular flexibility index (Phi) is 3.80. The highest BCUT2D eigenvalue weighted by atomic mass is 16.3. The molecule has 3 heterocycles. The van der Waals surface area contributed by atoms with Gasteiger partial charge in [-0.15, -0.1) is 0 Å². The molecule has 0 spiro atoms. The molecule has 0 amide bonds. The van der Waals surface area contributed by atoms with E-state index in [0.717, 1.165) is 17.6 Å². The van der Waals surface area contributed by atoms with Crippen LogP contribution in [0.1, 0.15) is 36.8 Å². The second-order valence-corrected chi connectivity index (χ2v) is 5.34. The predicted molar refractivity (Wildman–Crippen MR) is 74.9 cm³/mol. The van der Waals surface area contributed by atoms with Gasteiger partial charge >= 0.3 is 0 Å². The molecule has 2 aromatic rings. The van der Waals surface area contributed by atoms with E-state index in [1.807, 2.05) is 16.8 Å². The largest absolute Gasteiger partial charge is 0.392 e. The molecule has 3 rings (SSSR count). The van der Waals surface area contributed by atoms with Crippen LogP contribution in [0.15, 0.2) is 24.5 Å². The first-order valence-electron chi connectivity index (χ1n) is 7.16. The summed E-state index contributed by atoms with van der Waals surface area (Å²) in [5, 5.41) is 13.7. The van der Waals surface area contributed by atoms with Crippen LogP contribution in [0, 0.1) is 0 Å². The zero-order valence-electron chi connectivity index (χ0n) is 11.3. The summed E-state index contributed by atoms with van der Waals surface area (Å²) in [6.45, 7) is 3.39. The van der Waals surface area contributed by atoms with Crippen LogP contribution < -0.4 is 0 Å². The number of hydrogen-bond acceptors (Lipinski definition) is 3. The van der Waals surface area contributed by atoms with E-state index in [2.05, 4.69) is 16.1 Å². The molecule has 4 nitrogen and oxygen atoms in total. The van der Waals surface area contributed by atoms with E-state index in [0.29, 0.717) is 0 Å². The second-order valence-electron chi connectivity index (χ2n) is 5.34. The van der Waals surface area contributed by atoms with Crippen LogP contribution in [0.3, 0.4) is 0 Å². The molecule has 4 heteroatoms. The topological polar surface area (TPSA) is 40.8 Å². The van der Waals surface area contributed by atoms with Crippen LogP contribution in [0.25, 0.3) is 5.52 Å². The second kappa shape index (κ2) is 5.72. The normalized spacial score (nSPS) is 17.7. The van der Waals surface area contributed by atoms with Crippen molar-refractivity contribution >= 4 is 5.52 Å². The zero-order valence-corrected chi connectivity index (χ0v) is 11.3. The minimum atomic E-state index is 0.0561. The van der Waals surface area contributed by atoms with E-state index >= 15 is 0 Å². The van der Waals surface area contributed by atoms with Crippen LogP contribution in [0.5, 0.6) is 0 Å². The number of hydrogen-bond donors (Lipinski definition) is 1. The lowest BCUT2D eigenvalue weighted by atomic mass is 10.1. The van der Waals surface area contributed by atoms with Crippen molar-refractivity contribution in [3.8, 4) is 0 Å².